The highest BCUT2D eigenvalue weighted by atomic mass is 19.1. The lowest BCUT2D eigenvalue weighted by Gasteiger charge is -2.15. The molecule has 0 aliphatic carbocycles. The molecule has 0 spiro atoms. The number of anilines is 1. The van der Waals surface area contributed by atoms with E-state index in [4.69, 9.17) is 0 Å². The van der Waals surface area contributed by atoms with E-state index >= 15 is 0 Å². The van der Waals surface area contributed by atoms with Gasteiger partial charge >= 0.3 is 0 Å². The first-order valence-corrected chi connectivity index (χ1v) is 6.77. The third-order valence-corrected chi connectivity index (χ3v) is 3.21. The van der Waals surface area contributed by atoms with Gasteiger partial charge in [0.1, 0.15) is 5.82 Å². The standard InChI is InChI=1S/C17H20FN/c1-3-14-7-9-17(10-8-14)19-13(2)11-15-5-4-6-16(18)12-15/h4-10,12-13,19H,3,11H2,1-2H3. The third kappa shape index (κ3) is 4.09. The fourth-order valence-corrected chi connectivity index (χ4v) is 2.19. The van der Waals surface area contributed by atoms with Gasteiger partial charge in [-0.2, -0.15) is 0 Å². The first-order valence-electron chi connectivity index (χ1n) is 6.77. The van der Waals surface area contributed by atoms with Crippen LogP contribution in [0.2, 0.25) is 0 Å². The van der Waals surface area contributed by atoms with E-state index in [0.717, 1.165) is 24.1 Å². The monoisotopic (exact) mass is 257 g/mol. The minimum Gasteiger partial charge on any atom is -0.382 e. The molecule has 2 aromatic carbocycles. The van der Waals surface area contributed by atoms with E-state index in [1.165, 1.54) is 11.6 Å². The number of rotatable bonds is 5. The van der Waals surface area contributed by atoms with Crippen LogP contribution in [0.5, 0.6) is 0 Å². The van der Waals surface area contributed by atoms with Gasteiger partial charge in [-0.05, 0) is 55.2 Å². The summed E-state index contributed by atoms with van der Waals surface area (Å²) in [5, 5.41) is 3.44. The Bertz CT molecular complexity index is 519. The number of hydrogen-bond acceptors (Lipinski definition) is 1. The molecule has 0 radical (unpaired) electrons. The smallest absolute Gasteiger partial charge is 0.123 e. The van der Waals surface area contributed by atoms with Crippen molar-refractivity contribution in [1.29, 1.82) is 0 Å². The summed E-state index contributed by atoms with van der Waals surface area (Å²) < 4.78 is 13.1. The Morgan fingerprint density at radius 2 is 1.79 bits per heavy atom. The summed E-state index contributed by atoms with van der Waals surface area (Å²) in [6.07, 6.45) is 1.87. The molecule has 1 atom stereocenters. The van der Waals surface area contributed by atoms with E-state index in [0.29, 0.717) is 0 Å². The first kappa shape index (κ1) is 13.6. The topological polar surface area (TPSA) is 12.0 Å². The summed E-state index contributed by atoms with van der Waals surface area (Å²) in [4.78, 5) is 0. The lowest BCUT2D eigenvalue weighted by molar-refractivity contribution is 0.624. The molecule has 0 bridgehead atoms. The Labute approximate surface area is 114 Å². The van der Waals surface area contributed by atoms with E-state index < -0.39 is 0 Å². The van der Waals surface area contributed by atoms with E-state index in [1.54, 1.807) is 12.1 Å². The molecule has 2 heteroatoms. The van der Waals surface area contributed by atoms with Crippen LogP contribution in [0, 0.1) is 5.82 Å². The third-order valence-electron chi connectivity index (χ3n) is 3.21. The summed E-state index contributed by atoms with van der Waals surface area (Å²) in [7, 11) is 0. The van der Waals surface area contributed by atoms with Crippen molar-refractivity contribution in [3.05, 3.63) is 65.5 Å². The zero-order valence-electron chi connectivity index (χ0n) is 11.5. The number of benzene rings is 2. The molecule has 19 heavy (non-hydrogen) atoms. The number of aryl methyl sites for hydroxylation is 1. The fraction of sp³-hybridized carbons (Fsp3) is 0.294. The quantitative estimate of drug-likeness (QED) is 0.835. The van der Waals surface area contributed by atoms with E-state index in [1.807, 2.05) is 6.07 Å². The Morgan fingerprint density at radius 1 is 1.05 bits per heavy atom. The summed E-state index contributed by atoms with van der Waals surface area (Å²) in [5.41, 5.74) is 3.47. The summed E-state index contributed by atoms with van der Waals surface area (Å²) in [6, 6.07) is 15.5. The molecular weight excluding hydrogens is 237 g/mol. The maximum Gasteiger partial charge on any atom is 0.123 e. The number of nitrogens with one attached hydrogen (secondary N) is 1. The van der Waals surface area contributed by atoms with Gasteiger partial charge in [-0.25, -0.2) is 4.39 Å². The minimum absolute atomic E-state index is 0.169. The fourth-order valence-electron chi connectivity index (χ4n) is 2.19. The van der Waals surface area contributed by atoms with Gasteiger partial charge in [-0.15, -0.1) is 0 Å². The van der Waals surface area contributed by atoms with Gasteiger partial charge in [0, 0.05) is 11.7 Å². The lowest BCUT2D eigenvalue weighted by Crippen LogP contribution is -2.18. The zero-order valence-corrected chi connectivity index (χ0v) is 11.5. The van der Waals surface area contributed by atoms with Crippen molar-refractivity contribution in [1.82, 2.24) is 0 Å². The second kappa shape index (κ2) is 6.37. The molecule has 2 rings (SSSR count). The van der Waals surface area contributed by atoms with Gasteiger partial charge in [0.2, 0.25) is 0 Å². The Morgan fingerprint density at radius 3 is 2.42 bits per heavy atom. The van der Waals surface area contributed by atoms with Crippen LogP contribution >= 0.6 is 0 Å². The van der Waals surface area contributed by atoms with Gasteiger partial charge in [0.05, 0.1) is 0 Å². The average Bonchev–Trinajstić information content (AvgIpc) is 2.39. The highest BCUT2D eigenvalue weighted by molar-refractivity contribution is 5.45. The van der Waals surface area contributed by atoms with Crippen molar-refractivity contribution in [2.24, 2.45) is 0 Å². The van der Waals surface area contributed by atoms with Gasteiger partial charge in [0.15, 0.2) is 0 Å². The predicted molar refractivity (Wildman–Crippen MR) is 79.0 cm³/mol. The zero-order chi connectivity index (χ0) is 13.7. The van der Waals surface area contributed by atoms with Gasteiger partial charge in [0.25, 0.3) is 0 Å². The van der Waals surface area contributed by atoms with Crippen LogP contribution in [0.3, 0.4) is 0 Å². The Kier molecular flexibility index (Phi) is 4.56. The second-order valence-electron chi connectivity index (χ2n) is 4.93. The van der Waals surface area contributed by atoms with Crippen molar-refractivity contribution in [2.75, 3.05) is 5.32 Å². The molecule has 100 valence electrons. The highest BCUT2D eigenvalue weighted by Gasteiger charge is 2.04. The average molecular weight is 257 g/mol. The lowest BCUT2D eigenvalue weighted by atomic mass is 10.1. The number of hydrogen-bond donors (Lipinski definition) is 1. The number of halogens is 1. The van der Waals surface area contributed by atoms with Crippen LogP contribution in [0.15, 0.2) is 48.5 Å². The minimum atomic E-state index is -0.169. The maximum atomic E-state index is 13.1. The molecule has 1 unspecified atom stereocenters. The second-order valence-corrected chi connectivity index (χ2v) is 4.93. The van der Waals surface area contributed by atoms with Crippen molar-refractivity contribution in [2.45, 2.75) is 32.7 Å². The molecule has 1 nitrogen and oxygen atoms in total. The van der Waals surface area contributed by atoms with Crippen LogP contribution < -0.4 is 5.32 Å². The van der Waals surface area contributed by atoms with Crippen LogP contribution in [0.25, 0.3) is 0 Å². The molecular formula is C17H20FN. The normalized spacial score (nSPS) is 12.2. The Balaban J connectivity index is 1.95. The van der Waals surface area contributed by atoms with E-state index in [9.17, 15) is 4.39 Å². The molecule has 0 saturated carbocycles. The van der Waals surface area contributed by atoms with Crippen LogP contribution in [-0.4, -0.2) is 6.04 Å². The van der Waals surface area contributed by atoms with Crippen LogP contribution in [-0.2, 0) is 12.8 Å². The van der Waals surface area contributed by atoms with Gasteiger partial charge in [-0.1, -0.05) is 31.2 Å². The SMILES string of the molecule is CCc1ccc(NC(C)Cc2cccc(F)c2)cc1. The maximum absolute atomic E-state index is 13.1. The van der Waals surface area contributed by atoms with Crippen LogP contribution in [0.1, 0.15) is 25.0 Å². The van der Waals surface area contributed by atoms with Crippen molar-refractivity contribution < 1.29 is 4.39 Å². The highest BCUT2D eigenvalue weighted by Crippen LogP contribution is 2.13. The molecule has 0 amide bonds. The molecule has 0 heterocycles. The van der Waals surface area contributed by atoms with Crippen molar-refractivity contribution >= 4 is 5.69 Å². The largest absolute Gasteiger partial charge is 0.382 e. The summed E-state index contributed by atoms with van der Waals surface area (Å²) in [5.74, 6) is -0.169. The molecule has 0 saturated heterocycles. The van der Waals surface area contributed by atoms with Crippen molar-refractivity contribution in [3.63, 3.8) is 0 Å². The van der Waals surface area contributed by atoms with E-state index in [2.05, 4.69) is 43.4 Å². The molecule has 0 aliphatic heterocycles. The molecule has 0 aromatic heterocycles. The molecule has 2 aromatic rings. The predicted octanol–water partition coefficient (Wildman–Crippen LogP) is 4.43. The Hall–Kier alpha value is -1.83. The van der Waals surface area contributed by atoms with Gasteiger partial charge < -0.3 is 5.32 Å². The first-order chi connectivity index (χ1) is 9.17. The van der Waals surface area contributed by atoms with Gasteiger partial charge in [-0.3, -0.25) is 0 Å². The molecule has 0 fully saturated rings. The summed E-state index contributed by atoms with van der Waals surface area (Å²) >= 11 is 0. The van der Waals surface area contributed by atoms with Crippen molar-refractivity contribution in [3.8, 4) is 0 Å². The summed E-state index contributed by atoms with van der Waals surface area (Å²) in [6.45, 7) is 4.26. The van der Waals surface area contributed by atoms with E-state index in [-0.39, 0.29) is 11.9 Å². The molecule has 0 aliphatic rings. The van der Waals surface area contributed by atoms with Crippen LogP contribution in [0.4, 0.5) is 10.1 Å². The molecule has 1 N–H and O–H groups in total.